The number of nitrogens with zero attached hydrogens (tertiary/aromatic N) is 1. The molecule has 0 saturated heterocycles. The monoisotopic (exact) mass is 574 g/mol. The molecule has 0 atom stereocenters. The van der Waals surface area contributed by atoms with E-state index in [4.69, 9.17) is 17.3 Å². The first kappa shape index (κ1) is 38.5. The zero-order valence-electron chi connectivity index (χ0n) is 24.4. The highest BCUT2D eigenvalue weighted by molar-refractivity contribution is 8.03. The fourth-order valence-electron chi connectivity index (χ4n) is 2.89. The molecule has 0 aliphatic heterocycles. The summed E-state index contributed by atoms with van der Waals surface area (Å²) in [6.07, 6.45) is 7.13. The first-order valence-corrected chi connectivity index (χ1v) is 13.5. The molecule has 39 heavy (non-hydrogen) atoms. The van der Waals surface area contributed by atoms with Crippen molar-refractivity contribution in [3.8, 4) is 0 Å². The Morgan fingerprint density at radius 1 is 1.15 bits per heavy atom. The minimum absolute atomic E-state index is 0.104. The highest BCUT2D eigenvalue weighted by atomic mass is 32.2. The van der Waals surface area contributed by atoms with Gasteiger partial charge in [-0.1, -0.05) is 26.0 Å². The molecule has 0 aromatic heterocycles. The van der Waals surface area contributed by atoms with E-state index in [1.54, 1.807) is 40.0 Å². The molecule has 0 aliphatic carbocycles. The van der Waals surface area contributed by atoms with Gasteiger partial charge >= 0.3 is 0 Å². The van der Waals surface area contributed by atoms with Crippen molar-refractivity contribution >= 4 is 17.7 Å². The van der Waals surface area contributed by atoms with Crippen LogP contribution in [0.3, 0.4) is 0 Å². The van der Waals surface area contributed by atoms with Crippen LogP contribution in [0.5, 0.6) is 0 Å². The number of hydrogen-bond donors (Lipinski definition) is 7. The van der Waals surface area contributed by atoms with Crippen molar-refractivity contribution in [1.29, 1.82) is 0 Å². The predicted molar refractivity (Wildman–Crippen MR) is 159 cm³/mol. The first-order valence-electron chi connectivity index (χ1n) is 12.6. The van der Waals surface area contributed by atoms with Crippen molar-refractivity contribution in [3.63, 3.8) is 0 Å². The Hall–Kier alpha value is -2.64. The molecule has 0 heterocycles. The zero-order valence-corrected chi connectivity index (χ0v) is 25.3. The van der Waals surface area contributed by atoms with E-state index in [0.29, 0.717) is 11.5 Å². The molecule has 0 saturated carbocycles. The van der Waals surface area contributed by atoms with Gasteiger partial charge in [0.1, 0.15) is 5.83 Å². The standard InChI is InChI=1S/C25H42F2N6O3S.C2H6/c1-7-17(25(4,5)36)12-20(27)19(13-26)21(9-10-22(29)34)37-16-32-23(31-6)11-8-18(14-28)33(30)15-24(2,3)35;1-2/h7-9,11-13,31-32,35-36H,10,14-16,28,30H2,1-6H3,(H2,29,34);1-2H3/b17-7+,18-8+,19-13-,20-12+,21-9-,23-11+;. The molecule has 12 heteroatoms. The van der Waals surface area contributed by atoms with Crippen LogP contribution in [-0.4, -0.2) is 58.3 Å². The lowest BCUT2D eigenvalue weighted by atomic mass is 9.96. The number of allylic oxidation sites excluding steroid dienone is 5. The number of carbonyl (C=O) groups is 1. The minimum Gasteiger partial charge on any atom is -0.389 e. The molecule has 0 unspecified atom stereocenters. The number of nitrogens with two attached hydrogens (primary N) is 3. The Labute approximate surface area is 236 Å². The van der Waals surface area contributed by atoms with E-state index in [1.807, 2.05) is 13.8 Å². The molecule has 0 fully saturated rings. The van der Waals surface area contributed by atoms with Crippen molar-refractivity contribution in [2.45, 2.75) is 66.1 Å². The molecule has 0 bridgehead atoms. The summed E-state index contributed by atoms with van der Waals surface area (Å²) in [5, 5.41) is 27.5. The van der Waals surface area contributed by atoms with Gasteiger partial charge in [0.2, 0.25) is 5.91 Å². The normalized spacial score (nSPS) is 14.5. The lowest BCUT2D eigenvalue weighted by Crippen LogP contribution is -2.43. The lowest BCUT2D eigenvalue weighted by molar-refractivity contribution is -0.117. The summed E-state index contributed by atoms with van der Waals surface area (Å²) in [6, 6.07) is 0. The van der Waals surface area contributed by atoms with E-state index in [-0.39, 0.29) is 47.8 Å². The van der Waals surface area contributed by atoms with Gasteiger partial charge in [-0.2, -0.15) is 0 Å². The lowest BCUT2D eigenvalue weighted by Gasteiger charge is -2.28. The second-order valence-corrected chi connectivity index (χ2v) is 10.2. The number of thioether (sulfide) groups is 1. The van der Waals surface area contributed by atoms with E-state index >= 15 is 4.39 Å². The van der Waals surface area contributed by atoms with Crippen molar-refractivity contribution in [1.82, 2.24) is 15.6 Å². The van der Waals surface area contributed by atoms with Crippen molar-refractivity contribution in [2.75, 3.05) is 26.0 Å². The molecule has 0 radical (unpaired) electrons. The van der Waals surface area contributed by atoms with Gasteiger partial charge in [0.05, 0.1) is 41.3 Å². The van der Waals surface area contributed by atoms with Crippen LogP contribution in [0.25, 0.3) is 0 Å². The van der Waals surface area contributed by atoms with Crippen LogP contribution < -0.4 is 27.9 Å². The number of halogens is 2. The van der Waals surface area contributed by atoms with Crippen LogP contribution in [0.2, 0.25) is 0 Å². The first-order chi connectivity index (χ1) is 18.1. The molecule has 0 aliphatic rings. The number of aliphatic hydroxyl groups is 2. The predicted octanol–water partition coefficient (Wildman–Crippen LogP) is 3.33. The molecular weight excluding hydrogens is 526 g/mol. The second-order valence-electron chi connectivity index (χ2n) is 9.16. The summed E-state index contributed by atoms with van der Waals surface area (Å²) in [5.41, 5.74) is 9.06. The average molecular weight is 575 g/mol. The molecule has 0 aromatic carbocycles. The maximum absolute atomic E-state index is 15.0. The smallest absolute Gasteiger partial charge is 0.221 e. The van der Waals surface area contributed by atoms with Gasteiger partial charge in [-0.15, -0.1) is 11.8 Å². The molecule has 10 N–H and O–H groups in total. The number of hydrazine groups is 1. The highest BCUT2D eigenvalue weighted by Gasteiger charge is 2.20. The molecule has 0 spiro atoms. The number of carbonyl (C=O) groups excluding carboxylic acids is 1. The van der Waals surface area contributed by atoms with Crippen LogP contribution in [0, 0.1) is 0 Å². The summed E-state index contributed by atoms with van der Waals surface area (Å²) >= 11 is 1.04. The summed E-state index contributed by atoms with van der Waals surface area (Å²) < 4.78 is 28.9. The van der Waals surface area contributed by atoms with Gasteiger partial charge in [-0.25, -0.2) is 14.6 Å². The third kappa shape index (κ3) is 16.8. The molecular formula is C27H48F2N6O3S. The number of amides is 1. The number of hydrogen-bond acceptors (Lipinski definition) is 9. The van der Waals surface area contributed by atoms with E-state index < -0.39 is 22.9 Å². The van der Waals surface area contributed by atoms with E-state index in [9.17, 15) is 19.4 Å². The van der Waals surface area contributed by atoms with E-state index in [0.717, 1.165) is 17.8 Å². The summed E-state index contributed by atoms with van der Waals surface area (Å²) in [4.78, 5) is 11.5. The average Bonchev–Trinajstić information content (AvgIpc) is 2.84. The summed E-state index contributed by atoms with van der Waals surface area (Å²) in [5.74, 6) is 5.11. The Kier molecular flexibility index (Phi) is 19.2. The Balaban J connectivity index is 0. The fourth-order valence-corrected chi connectivity index (χ4v) is 3.77. The SMILES string of the molecule is CC.C\C=C(/C=C(F)\C(=C\F)C(=C\CC(N)=O)\SCN/C(=C/C=C(\CN)N(N)CC(C)(C)O)NC)C(C)(C)O. The van der Waals surface area contributed by atoms with Crippen LogP contribution in [0.15, 0.2) is 70.1 Å². The molecule has 1 amide bonds. The largest absolute Gasteiger partial charge is 0.389 e. The van der Waals surface area contributed by atoms with Gasteiger partial charge in [0.25, 0.3) is 0 Å². The quantitative estimate of drug-likeness (QED) is 0.0634. The fraction of sp³-hybridized carbons (Fsp3) is 0.519. The Morgan fingerprint density at radius 3 is 2.15 bits per heavy atom. The molecule has 9 nitrogen and oxygen atoms in total. The maximum atomic E-state index is 15.0. The number of rotatable bonds is 16. The molecule has 224 valence electrons. The van der Waals surface area contributed by atoms with Crippen molar-refractivity contribution in [2.24, 2.45) is 17.3 Å². The van der Waals surface area contributed by atoms with Gasteiger partial charge in [-0.3, -0.25) is 4.79 Å². The summed E-state index contributed by atoms with van der Waals surface area (Å²) in [7, 11) is 1.67. The second kappa shape index (κ2) is 19.4. The van der Waals surface area contributed by atoms with E-state index in [1.165, 1.54) is 31.0 Å². The number of nitrogens with one attached hydrogen (secondary N) is 2. The van der Waals surface area contributed by atoms with Gasteiger partial charge in [0, 0.05) is 30.6 Å². The third-order valence-electron chi connectivity index (χ3n) is 4.76. The van der Waals surface area contributed by atoms with Crippen LogP contribution in [0.4, 0.5) is 8.78 Å². The Morgan fingerprint density at radius 2 is 1.74 bits per heavy atom. The van der Waals surface area contributed by atoms with Crippen LogP contribution in [-0.2, 0) is 4.79 Å². The maximum Gasteiger partial charge on any atom is 0.221 e. The minimum atomic E-state index is -1.34. The van der Waals surface area contributed by atoms with Crippen LogP contribution in [0.1, 0.15) is 54.9 Å². The third-order valence-corrected chi connectivity index (χ3v) is 5.74. The molecule has 0 rings (SSSR count). The van der Waals surface area contributed by atoms with Gasteiger partial charge in [-0.05, 0) is 58.4 Å². The summed E-state index contributed by atoms with van der Waals surface area (Å²) in [6.45, 7) is 12.1. The topological polar surface area (TPSA) is 163 Å². The molecule has 0 aromatic rings. The van der Waals surface area contributed by atoms with Crippen molar-refractivity contribution in [3.05, 3.63) is 70.1 Å². The van der Waals surface area contributed by atoms with Gasteiger partial charge < -0.3 is 37.3 Å². The Bertz CT molecular complexity index is 946. The van der Waals surface area contributed by atoms with Crippen molar-refractivity contribution < 1.29 is 23.8 Å². The van der Waals surface area contributed by atoms with Gasteiger partial charge in [0.15, 0.2) is 0 Å². The van der Waals surface area contributed by atoms with E-state index in [2.05, 4.69) is 10.6 Å². The zero-order chi connectivity index (χ0) is 30.8. The van der Waals surface area contributed by atoms with Crippen LogP contribution >= 0.6 is 11.8 Å². The highest BCUT2D eigenvalue weighted by Crippen LogP contribution is 2.32. The number of primary amides is 1.